The van der Waals surface area contributed by atoms with Gasteiger partial charge in [-0.1, -0.05) is 122 Å². The van der Waals surface area contributed by atoms with Crippen LogP contribution in [-0.2, 0) is 6.42 Å². The van der Waals surface area contributed by atoms with Crippen molar-refractivity contribution < 1.29 is 0 Å². The Balaban J connectivity index is 1.37. The Morgan fingerprint density at radius 3 is 2.24 bits per heavy atom. The molecule has 0 saturated carbocycles. The number of benzene rings is 5. The number of fused-ring (bicyclic) bond motifs is 6. The Morgan fingerprint density at radius 1 is 0.553 bits per heavy atom. The zero-order chi connectivity index (χ0) is 25.5. The molecule has 1 aliphatic rings. The molecule has 0 spiro atoms. The summed E-state index contributed by atoms with van der Waals surface area (Å²) in [6, 6.07) is 39.9. The lowest BCUT2D eigenvalue weighted by molar-refractivity contribution is 1.27. The van der Waals surface area contributed by atoms with Gasteiger partial charge in [-0.15, -0.1) is 11.3 Å². The molecule has 1 heterocycles. The van der Waals surface area contributed by atoms with Crippen molar-refractivity contribution in [1.29, 1.82) is 0 Å². The zero-order valence-electron chi connectivity index (χ0n) is 21.0. The molecule has 7 rings (SSSR count). The maximum atomic E-state index is 4.35. The predicted octanol–water partition coefficient (Wildman–Crippen LogP) is 10.7. The monoisotopic (exact) mass is 502 g/mol. The Labute approximate surface area is 227 Å². The number of hydrogen-bond donors (Lipinski definition) is 0. The second-order valence-corrected chi connectivity index (χ2v) is 10.8. The summed E-state index contributed by atoms with van der Waals surface area (Å²) in [7, 11) is 0. The van der Waals surface area contributed by atoms with E-state index in [1.54, 1.807) is 0 Å². The molecule has 1 aliphatic carbocycles. The first-order chi connectivity index (χ1) is 18.8. The van der Waals surface area contributed by atoms with Crippen molar-refractivity contribution in [2.75, 3.05) is 0 Å². The molecule has 0 saturated heterocycles. The molecule has 0 unspecified atom stereocenters. The van der Waals surface area contributed by atoms with Crippen LogP contribution >= 0.6 is 11.3 Å². The molecule has 0 bridgehead atoms. The molecule has 1 aromatic heterocycles. The Hall–Kier alpha value is -4.46. The Morgan fingerprint density at radius 2 is 1.29 bits per heavy atom. The molecule has 38 heavy (non-hydrogen) atoms. The topological polar surface area (TPSA) is 0 Å². The average Bonchev–Trinajstić information content (AvgIpc) is 3.36. The molecule has 0 aliphatic heterocycles. The van der Waals surface area contributed by atoms with E-state index in [1.165, 1.54) is 64.7 Å². The molecule has 0 N–H and O–H groups in total. The van der Waals surface area contributed by atoms with E-state index < -0.39 is 0 Å². The first-order valence-corrected chi connectivity index (χ1v) is 13.8. The first-order valence-electron chi connectivity index (χ1n) is 13.0. The third kappa shape index (κ3) is 3.93. The van der Waals surface area contributed by atoms with Gasteiger partial charge in [-0.2, -0.15) is 0 Å². The third-order valence-electron chi connectivity index (χ3n) is 7.47. The molecule has 5 aromatic carbocycles. The minimum atomic E-state index is 0.898. The molecule has 0 fully saturated rings. The van der Waals surface area contributed by atoms with E-state index in [1.807, 2.05) is 11.3 Å². The standard InChI is InChI=1S/C37H26S/c1-25-11-3-2-4-12-26-21-22-28(24-35(26)32-16-6-5-15-30(25)32)27-13-9-14-29(23-27)31-18-10-19-34-33-17-7-8-20-36(33)38-37(31)34/h2-11,13-24H,1,12H2/b4-2-,11-3-. The quantitative estimate of drug-likeness (QED) is 0.221. The fourth-order valence-corrected chi connectivity index (χ4v) is 6.80. The van der Waals surface area contributed by atoms with Crippen LogP contribution in [0.3, 0.4) is 0 Å². The zero-order valence-corrected chi connectivity index (χ0v) is 21.8. The van der Waals surface area contributed by atoms with Gasteiger partial charge < -0.3 is 0 Å². The van der Waals surface area contributed by atoms with Gasteiger partial charge in [0.15, 0.2) is 0 Å². The lowest BCUT2D eigenvalue weighted by atomic mass is 9.88. The normalized spacial score (nSPS) is 14.7. The molecule has 1 heteroatoms. The fourth-order valence-electron chi connectivity index (χ4n) is 5.56. The molecule has 0 amide bonds. The van der Waals surface area contributed by atoms with Crippen molar-refractivity contribution >= 4 is 37.1 Å². The molecule has 0 atom stereocenters. The van der Waals surface area contributed by atoms with Gasteiger partial charge in [0.2, 0.25) is 0 Å². The molecular formula is C37H26S. The highest BCUT2D eigenvalue weighted by Crippen LogP contribution is 2.41. The highest BCUT2D eigenvalue weighted by Gasteiger charge is 2.14. The van der Waals surface area contributed by atoms with Crippen molar-refractivity contribution in [2.24, 2.45) is 0 Å². The van der Waals surface area contributed by atoms with E-state index in [0.717, 1.165) is 12.0 Å². The number of rotatable bonds is 2. The van der Waals surface area contributed by atoms with E-state index in [2.05, 4.69) is 140 Å². The SMILES string of the molecule is C=C1/C=C\C=C/Cc2ccc(-c3cccc(-c4cccc5c4sc4ccccc45)c3)cc2-c2ccccc21. The van der Waals surface area contributed by atoms with Crippen LogP contribution in [0.25, 0.3) is 59.1 Å². The van der Waals surface area contributed by atoms with Crippen LogP contribution < -0.4 is 0 Å². The molecule has 0 nitrogen and oxygen atoms in total. The highest BCUT2D eigenvalue weighted by atomic mass is 32.1. The summed E-state index contributed by atoms with van der Waals surface area (Å²) in [6.45, 7) is 4.35. The summed E-state index contributed by atoms with van der Waals surface area (Å²) in [5.74, 6) is 0. The number of allylic oxidation sites excluding steroid dienone is 5. The van der Waals surface area contributed by atoms with Gasteiger partial charge in [0.25, 0.3) is 0 Å². The van der Waals surface area contributed by atoms with Gasteiger partial charge in [-0.3, -0.25) is 0 Å². The third-order valence-corrected chi connectivity index (χ3v) is 8.69. The van der Waals surface area contributed by atoms with Crippen molar-refractivity contribution in [1.82, 2.24) is 0 Å². The van der Waals surface area contributed by atoms with Crippen LogP contribution in [0.1, 0.15) is 11.1 Å². The first kappa shape index (κ1) is 22.7. The molecule has 180 valence electrons. The summed E-state index contributed by atoms with van der Waals surface area (Å²) >= 11 is 1.88. The van der Waals surface area contributed by atoms with Gasteiger partial charge >= 0.3 is 0 Å². The van der Waals surface area contributed by atoms with Crippen LogP contribution in [0.5, 0.6) is 0 Å². The predicted molar refractivity (Wildman–Crippen MR) is 167 cm³/mol. The van der Waals surface area contributed by atoms with Crippen LogP contribution in [0.2, 0.25) is 0 Å². The largest absolute Gasteiger partial charge is 0.135 e. The maximum absolute atomic E-state index is 4.35. The second-order valence-electron chi connectivity index (χ2n) is 9.80. The summed E-state index contributed by atoms with van der Waals surface area (Å²) in [6.07, 6.45) is 9.43. The summed E-state index contributed by atoms with van der Waals surface area (Å²) < 4.78 is 2.69. The van der Waals surface area contributed by atoms with Gasteiger partial charge in [-0.25, -0.2) is 0 Å². The van der Waals surface area contributed by atoms with Crippen molar-refractivity contribution in [3.8, 4) is 33.4 Å². The summed E-state index contributed by atoms with van der Waals surface area (Å²) in [5, 5.41) is 2.67. The van der Waals surface area contributed by atoms with E-state index in [-0.39, 0.29) is 0 Å². The fraction of sp³-hybridized carbons (Fsp3) is 0.0270. The van der Waals surface area contributed by atoms with Crippen LogP contribution in [0.4, 0.5) is 0 Å². The minimum absolute atomic E-state index is 0.898. The molecule has 6 aromatic rings. The lowest BCUT2D eigenvalue weighted by Crippen LogP contribution is -1.94. The second kappa shape index (κ2) is 9.45. The van der Waals surface area contributed by atoms with E-state index in [9.17, 15) is 0 Å². The van der Waals surface area contributed by atoms with Crippen molar-refractivity contribution in [2.45, 2.75) is 6.42 Å². The molecule has 0 radical (unpaired) electrons. The van der Waals surface area contributed by atoms with Crippen molar-refractivity contribution in [3.63, 3.8) is 0 Å². The van der Waals surface area contributed by atoms with E-state index in [0.29, 0.717) is 0 Å². The summed E-state index contributed by atoms with van der Waals surface area (Å²) in [5.41, 5.74) is 11.1. The summed E-state index contributed by atoms with van der Waals surface area (Å²) in [4.78, 5) is 0. The number of thiophene rings is 1. The highest BCUT2D eigenvalue weighted by molar-refractivity contribution is 7.26. The van der Waals surface area contributed by atoms with Gasteiger partial charge in [-0.05, 0) is 74.7 Å². The Bertz CT molecular complexity index is 1910. The van der Waals surface area contributed by atoms with Crippen LogP contribution in [-0.4, -0.2) is 0 Å². The number of hydrogen-bond acceptors (Lipinski definition) is 1. The van der Waals surface area contributed by atoms with Gasteiger partial charge in [0.1, 0.15) is 0 Å². The van der Waals surface area contributed by atoms with Gasteiger partial charge in [0.05, 0.1) is 0 Å². The van der Waals surface area contributed by atoms with Crippen molar-refractivity contribution in [3.05, 3.63) is 151 Å². The van der Waals surface area contributed by atoms with E-state index >= 15 is 0 Å². The minimum Gasteiger partial charge on any atom is -0.135 e. The maximum Gasteiger partial charge on any atom is 0.0433 e. The van der Waals surface area contributed by atoms with Gasteiger partial charge in [0, 0.05) is 20.2 Å². The Kier molecular flexibility index (Phi) is 5.65. The van der Waals surface area contributed by atoms with Crippen LogP contribution in [0, 0.1) is 0 Å². The van der Waals surface area contributed by atoms with E-state index in [4.69, 9.17) is 0 Å². The lowest BCUT2D eigenvalue weighted by Gasteiger charge is -2.16. The van der Waals surface area contributed by atoms with Crippen LogP contribution in [0.15, 0.2) is 140 Å². The molecular weight excluding hydrogens is 476 g/mol. The smallest absolute Gasteiger partial charge is 0.0433 e. The average molecular weight is 503 g/mol.